The van der Waals surface area contributed by atoms with Crippen LogP contribution in [0, 0.1) is 6.92 Å². The highest BCUT2D eigenvalue weighted by molar-refractivity contribution is 5.77. The maximum atomic E-state index is 12.7. The first-order valence-corrected chi connectivity index (χ1v) is 8.29. The Labute approximate surface area is 135 Å². The zero-order valence-corrected chi connectivity index (χ0v) is 13.7. The number of aromatic nitrogens is 4. The molecule has 0 bridgehead atoms. The fourth-order valence-electron chi connectivity index (χ4n) is 3.12. The topological polar surface area (TPSA) is 87.9 Å². The van der Waals surface area contributed by atoms with E-state index in [2.05, 4.69) is 20.3 Å². The molecule has 7 nitrogen and oxygen atoms in total. The molecule has 0 spiro atoms. The van der Waals surface area contributed by atoms with Gasteiger partial charge < -0.3 is 9.42 Å². The number of likely N-dealkylation sites (tertiary alicyclic amines) is 1. The standard InChI is InChI=1S/C16H23N5O2/c1-3-13-18-14(23-20-13)7-8-15(22)21-9-5-4-6-12(21)16-11(2)10-17-19-16/h10,12H,3-9H2,1-2H3,(H,17,19)/t12-/m0/s1. The fraction of sp³-hybridized carbons (Fsp3) is 0.625. The molecule has 0 radical (unpaired) electrons. The average molecular weight is 317 g/mol. The van der Waals surface area contributed by atoms with Crippen molar-refractivity contribution in [2.45, 2.75) is 58.4 Å². The molecular formula is C16H23N5O2. The smallest absolute Gasteiger partial charge is 0.227 e. The molecule has 1 amide bonds. The van der Waals surface area contributed by atoms with Crippen molar-refractivity contribution in [3.63, 3.8) is 0 Å². The summed E-state index contributed by atoms with van der Waals surface area (Å²) < 4.78 is 5.16. The number of nitrogens with one attached hydrogen (secondary N) is 1. The molecule has 0 saturated carbocycles. The van der Waals surface area contributed by atoms with Crippen LogP contribution in [0.25, 0.3) is 0 Å². The molecule has 0 aromatic carbocycles. The minimum atomic E-state index is 0.104. The maximum Gasteiger partial charge on any atom is 0.227 e. The van der Waals surface area contributed by atoms with Gasteiger partial charge in [0.15, 0.2) is 5.82 Å². The first kappa shape index (κ1) is 15.7. The average Bonchev–Trinajstić information content (AvgIpc) is 3.21. The molecule has 3 heterocycles. The first-order valence-electron chi connectivity index (χ1n) is 8.29. The highest BCUT2D eigenvalue weighted by Crippen LogP contribution is 2.31. The minimum Gasteiger partial charge on any atom is -0.339 e. The summed E-state index contributed by atoms with van der Waals surface area (Å²) in [6.45, 7) is 4.80. The van der Waals surface area contributed by atoms with E-state index >= 15 is 0 Å². The van der Waals surface area contributed by atoms with Crippen molar-refractivity contribution in [1.29, 1.82) is 0 Å². The Morgan fingerprint density at radius 2 is 2.35 bits per heavy atom. The van der Waals surface area contributed by atoms with E-state index in [1.165, 1.54) is 0 Å². The van der Waals surface area contributed by atoms with Gasteiger partial charge in [0.2, 0.25) is 11.8 Å². The summed E-state index contributed by atoms with van der Waals surface area (Å²) in [5.74, 6) is 1.37. The van der Waals surface area contributed by atoms with E-state index < -0.39 is 0 Å². The number of hydrogen-bond acceptors (Lipinski definition) is 5. The zero-order chi connectivity index (χ0) is 16.2. The van der Waals surface area contributed by atoms with Crippen molar-refractivity contribution in [2.75, 3.05) is 6.54 Å². The third kappa shape index (κ3) is 3.43. The van der Waals surface area contributed by atoms with Gasteiger partial charge >= 0.3 is 0 Å². The van der Waals surface area contributed by atoms with Crippen LogP contribution < -0.4 is 0 Å². The van der Waals surface area contributed by atoms with Crippen LogP contribution in [0.4, 0.5) is 0 Å². The van der Waals surface area contributed by atoms with Crippen LogP contribution >= 0.6 is 0 Å². The first-order chi connectivity index (χ1) is 11.2. The molecule has 2 aromatic heterocycles. The van der Waals surface area contributed by atoms with Crippen LogP contribution in [-0.2, 0) is 17.6 Å². The van der Waals surface area contributed by atoms with Gasteiger partial charge in [0, 0.05) is 25.8 Å². The van der Waals surface area contributed by atoms with E-state index in [0.29, 0.717) is 24.6 Å². The van der Waals surface area contributed by atoms with Crippen molar-refractivity contribution in [1.82, 2.24) is 25.2 Å². The number of H-pyrrole nitrogens is 1. The summed E-state index contributed by atoms with van der Waals surface area (Å²) in [7, 11) is 0. The van der Waals surface area contributed by atoms with E-state index in [-0.39, 0.29) is 11.9 Å². The molecule has 1 saturated heterocycles. The number of aromatic amines is 1. The second kappa shape index (κ2) is 6.93. The number of rotatable bonds is 5. The Morgan fingerprint density at radius 3 is 3.04 bits per heavy atom. The van der Waals surface area contributed by atoms with Crippen molar-refractivity contribution in [3.8, 4) is 0 Å². The van der Waals surface area contributed by atoms with Crippen LogP contribution in [0.1, 0.15) is 61.6 Å². The van der Waals surface area contributed by atoms with Crippen molar-refractivity contribution in [2.24, 2.45) is 0 Å². The largest absolute Gasteiger partial charge is 0.339 e. The predicted octanol–water partition coefficient (Wildman–Crippen LogP) is 2.35. The second-order valence-corrected chi connectivity index (χ2v) is 6.02. The Hall–Kier alpha value is -2.18. The van der Waals surface area contributed by atoms with E-state index in [1.54, 1.807) is 0 Å². The van der Waals surface area contributed by atoms with Crippen LogP contribution in [0.5, 0.6) is 0 Å². The van der Waals surface area contributed by atoms with Gasteiger partial charge in [0.25, 0.3) is 0 Å². The quantitative estimate of drug-likeness (QED) is 0.914. The molecule has 2 aromatic rings. The zero-order valence-electron chi connectivity index (χ0n) is 13.7. The molecule has 1 aliphatic heterocycles. The number of hydrogen-bond donors (Lipinski definition) is 1. The number of piperidine rings is 1. The van der Waals surface area contributed by atoms with Gasteiger partial charge in [-0.25, -0.2) is 0 Å². The summed E-state index contributed by atoms with van der Waals surface area (Å²) in [6, 6.07) is 0.104. The molecule has 124 valence electrons. The summed E-state index contributed by atoms with van der Waals surface area (Å²) in [6.07, 6.45) is 6.62. The Balaban J connectivity index is 1.65. The highest BCUT2D eigenvalue weighted by atomic mass is 16.5. The van der Waals surface area contributed by atoms with E-state index in [0.717, 1.165) is 43.5 Å². The molecule has 1 N–H and O–H groups in total. The monoisotopic (exact) mass is 317 g/mol. The Kier molecular flexibility index (Phi) is 4.73. The van der Waals surface area contributed by atoms with Crippen LogP contribution in [0.2, 0.25) is 0 Å². The second-order valence-electron chi connectivity index (χ2n) is 6.02. The molecule has 0 aliphatic carbocycles. The SMILES string of the molecule is CCc1noc(CCC(=O)N2CCCC[C@H]2c2[nH]ncc2C)n1. The Bertz CT molecular complexity index is 663. The van der Waals surface area contributed by atoms with Gasteiger partial charge in [-0.2, -0.15) is 10.1 Å². The molecule has 3 rings (SSSR count). The van der Waals surface area contributed by atoms with Gasteiger partial charge in [-0.15, -0.1) is 0 Å². The maximum absolute atomic E-state index is 12.7. The molecule has 1 fully saturated rings. The normalized spacial score (nSPS) is 18.3. The lowest BCUT2D eigenvalue weighted by Crippen LogP contribution is -2.39. The van der Waals surface area contributed by atoms with Crippen LogP contribution in [0.3, 0.4) is 0 Å². The number of carbonyl (C=O) groups is 1. The number of nitrogens with zero attached hydrogens (tertiary/aromatic N) is 4. The molecule has 1 atom stereocenters. The fourth-order valence-corrected chi connectivity index (χ4v) is 3.12. The van der Waals surface area contributed by atoms with Gasteiger partial charge in [0.1, 0.15) is 0 Å². The van der Waals surface area contributed by atoms with Gasteiger partial charge in [-0.3, -0.25) is 9.89 Å². The van der Waals surface area contributed by atoms with Crippen molar-refractivity contribution in [3.05, 3.63) is 29.2 Å². The van der Waals surface area contributed by atoms with Crippen molar-refractivity contribution < 1.29 is 9.32 Å². The molecule has 7 heteroatoms. The molecular weight excluding hydrogens is 294 g/mol. The summed E-state index contributed by atoms with van der Waals surface area (Å²) in [5.41, 5.74) is 2.17. The number of amides is 1. The summed E-state index contributed by atoms with van der Waals surface area (Å²) >= 11 is 0. The molecule has 0 unspecified atom stereocenters. The summed E-state index contributed by atoms with van der Waals surface area (Å²) in [4.78, 5) is 18.9. The third-order valence-electron chi connectivity index (χ3n) is 4.40. The van der Waals surface area contributed by atoms with Gasteiger partial charge in [0.05, 0.1) is 17.9 Å². The lowest BCUT2D eigenvalue weighted by molar-refractivity contribution is -0.135. The van der Waals surface area contributed by atoms with Gasteiger partial charge in [-0.1, -0.05) is 12.1 Å². The van der Waals surface area contributed by atoms with Crippen LogP contribution in [-0.4, -0.2) is 37.7 Å². The molecule has 23 heavy (non-hydrogen) atoms. The van der Waals surface area contributed by atoms with Gasteiger partial charge in [-0.05, 0) is 31.7 Å². The lowest BCUT2D eigenvalue weighted by atomic mass is 9.97. The van der Waals surface area contributed by atoms with E-state index in [9.17, 15) is 4.79 Å². The van der Waals surface area contributed by atoms with Crippen LogP contribution in [0.15, 0.2) is 10.7 Å². The molecule has 1 aliphatic rings. The Morgan fingerprint density at radius 1 is 1.48 bits per heavy atom. The van der Waals surface area contributed by atoms with E-state index in [1.807, 2.05) is 24.9 Å². The minimum absolute atomic E-state index is 0.104. The number of carbonyl (C=O) groups excluding carboxylic acids is 1. The predicted molar refractivity (Wildman–Crippen MR) is 83.6 cm³/mol. The number of aryl methyl sites for hydroxylation is 3. The third-order valence-corrected chi connectivity index (χ3v) is 4.40. The lowest BCUT2D eigenvalue weighted by Gasteiger charge is -2.35. The highest BCUT2D eigenvalue weighted by Gasteiger charge is 2.29. The van der Waals surface area contributed by atoms with E-state index in [4.69, 9.17) is 4.52 Å². The summed E-state index contributed by atoms with van der Waals surface area (Å²) in [5, 5.41) is 11.0. The van der Waals surface area contributed by atoms with Crippen molar-refractivity contribution >= 4 is 5.91 Å².